The van der Waals surface area contributed by atoms with Crippen molar-refractivity contribution in [1.29, 1.82) is 0 Å². The number of hydrogen-bond acceptors (Lipinski definition) is 5. The predicted octanol–water partition coefficient (Wildman–Crippen LogP) is 4.22. The number of nitrogens with one attached hydrogen (secondary N) is 4. The van der Waals surface area contributed by atoms with Crippen molar-refractivity contribution in [2.75, 3.05) is 19.5 Å². The van der Waals surface area contributed by atoms with Crippen LogP contribution < -0.4 is 21.3 Å². The second kappa shape index (κ2) is 9.30. The van der Waals surface area contributed by atoms with E-state index in [0.717, 1.165) is 53.9 Å². The fraction of sp³-hybridized carbons (Fsp3) is 0.364. The van der Waals surface area contributed by atoms with Gasteiger partial charge in [-0.15, -0.1) is 0 Å². The molecule has 30 heavy (non-hydrogen) atoms. The molecule has 4 N–H and O–H groups in total. The van der Waals surface area contributed by atoms with Crippen LogP contribution in [0.1, 0.15) is 24.8 Å². The summed E-state index contributed by atoms with van der Waals surface area (Å²) in [5.74, 6) is 0.775. The molecule has 2 aliphatic heterocycles. The van der Waals surface area contributed by atoms with Gasteiger partial charge in [0.15, 0.2) is 0 Å². The first kappa shape index (κ1) is 21.8. The van der Waals surface area contributed by atoms with E-state index >= 15 is 0 Å². The lowest BCUT2D eigenvalue weighted by Gasteiger charge is -2.22. The Labute approximate surface area is 174 Å². The number of fused-ring (bicyclic) bond motifs is 1. The van der Waals surface area contributed by atoms with Gasteiger partial charge in [-0.1, -0.05) is 12.2 Å². The number of alkyl halides is 3. The van der Waals surface area contributed by atoms with Crippen molar-refractivity contribution < 1.29 is 17.9 Å². The van der Waals surface area contributed by atoms with Crippen molar-refractivity contribution in [2.45, 2.75) is 37.8 Å². The highest BCUT2D eigenvalue weighted by atomic mass is 19.4. The first-order valence-corrected chi connectivity index (χ1v) is 9.75. The van der Waals surface area contributed by atoms with E-state index in [1.807, 2.05) is 25.5 Å². The molecule has 2 heterocycles. The first-order valence-electron chi connectivity index (χ1n) is 9.75. The molecule has 0 radical (unpaired) electrons. The molecule has 2 atom stereocenters. The Hall–Kier alpha value is -2.87. The molecule has 3 rings (SSSR count). The number of benzene rings is 1. The largest absolute Gasteiger partial charge is 0.495 e. The highest BCUT2D eigenvalue weighted by molar-refractivity contribution is 5.47. The highest BCUT2D eigenvalue weighted by Gasteiger charge is 2.30. The number of hydrogen-bond donors (Lipinski definition) is 4. The van der Waals surface area contributed by atoms with E-state index in [-0.39, 0.29) is 12.3 Å². The van der Waals surface area contributed by atoms with Gasteiger partial charge in [0.25, 0.3) is 0 Å². The van der Waals surface area contributed by atoms with Crippen LogP contribution in [0.4, 0.5) is 18.9 Å². The van der Waals surface area contributed by atoms with E-state index in [9.17, 15) is 13.2 Å². The number of methoxy groups -OCH3 is 1. The maximum absolute atomic E-state index is 12.7. The Balaban J connectivity index is 1.51. The number of ether oxygens (including phenoxy) is 1. The van der Waals surface area contributed by atoms with Crippen LogP contribution in [0.3, 0.4) is 0 Å². The van der Waals surface area contributed by atoms with Gasteiger partial charge in [-0.25, -0.2) is 0 Å². The molecule has 0 saturated heterocycles. The van der Waals surface area contributed by atoms with Gasteiger partial charge in [0.05, 0.1) is 18.8 Å². The molecule has 0 fully saturated rings. The molecule has 1 aromatic carbocycles. The third-order valence-corrected chi connectivity index (χ3v) is 5.16. The summed E-state index contributed by atoms with van der Waals surface area (Å²) in [5.41, 5.74) is 3.36. The summed E-state index contributed by atoms with van der Waals surface area (Å²) in [6.07, 6.45) is 3.75. The summed E-state index contributed by atoms with van der Waals surface area (Å²) < 4.78 is 43.4. The summed E-state index contributed by atoms with van der Waals surface area (Å²) >= 11 is 0. The minimum Gasteiger partial charge on any atom is -0.495 e. The van der Waals surface area contributed by atoms with Crippen molar-refractivity contribution in [1.82, 2.24) is 16.0 Å². The third-order valence-electron chi connectivity index (χ3n) is 5.16. The van der Waals surface area contributed by atoms with Gasteiger partial charge in [-0.05, 0) is 62.2 Å². The molecule has 162 valence electrons. The van der Waals surface area contributed by atoms with Crippen LogP contribution in [0.25, 0.3) is 0 Å². The van der Waals surface area contributed by atoms with Crippen LogP contribution in [-0.2, 0) is 10.9 Å². The maximum atomic E-state index is 12.7. The van der Waals surface area contributed by atoms with Crippen molar-refractivity contribution in [2.24, 2.45) is 0 Å². The minimum absolute atomic E-state index is 0.0538. The molecule has 0 aromatic heterocycles. The van der Waals surface area contributed by atoms with E-state index in [4.69, 9.17) is 4.74 Å². The van der Waals surface area contributed by atoms with Crippen molar-refractivity contribution >= 4 is 5.69 Å². The van der Waals surface area contributed by atoms with Gasteiger partial charge in [-0.2, -0.15) is 13.2 Å². The summed E-state index contributed by atoms with van der Waals surface area (Å²) in [7, 11) is 3.45. The Morgan fingerprint density at radius 1 is 1.20 bits per heavy atom. The lowest BCUT2D eigenvalue weighted by molar-refractivity contribution is -0.137. The molecular formula is C22H27F3N4O. The number of halogens is 3. The summed E-state index contributed by atoms with van der Waals surface area (Å²) in [5, 5.41) is 12.9. The highest BCUT2D eigenvalue weighted by Crippen LogP contribution is 2.31. The number of dihydropyridines is 1. The Morgan fingerprint density at radius 3 is 2.53 bits per heavy atom. The molecule has 0 aliphatic carbocycles. The molecule has 0 saturated carbocycles. The number of anilines is 1. The zero-order chi connectivity index (χ0) is 21.7. The molecule has 0 bridgehead atoms. The van der Waals surface area contributed by atoms with Gasteiger partial charge in [0.2, 0.25) is 0 Å². The maximum Gasteiger partial charge on any atom is 0.416 e. The van der Waals surface area contributed by atoms with E-state index in [1.165, 1.54) is 12.1 Å². The monoisotopic (exact) mass is 420 g/mol. The Morgan fingerprint density at radius 2 is 1.90 bits per heavy atom. The second-order valence-electron chi connectivity index (χ2n) is 7.31. The van der Waals surface area contributed by atoms with Crippen LogP contribution in [0.2, 0.25) is 0 Å². The topological polar surface area (TPSA) is 57.3 Å². The standard InChI is InChI=1S/C22H27F3N4O/c1-14(10-15-12-27-21-19(15)11-18(30-3)13-28-21)4-9-20(26-2)29-17-7-5-16(6-8-17)22(23,24)25/h5-8,11-13,20-21,26-29H,1,4,9-10H2,2-3H3. The first-order chi connectivity index (χ1) is 14.3. The van der Waals surface area contributed by atoms with Crippen LogP contribution in [0.5, 0.6) is 0 Å². The van der Waals surface area contributed by atoms with Crippen molar-refractivity contribution in [3.63, 3.8) is 0 Å². The number of rotatable bonds is 9. The van der Waals surface area contributed by atoms with Crippen LogP contribution >= 0.6 is 0 Å². The lowest BCUT2D eigenvalue weighted by Crippen LogP contribution is -2.36. The minimum atomic E-state index is -4.33. The molecular weight excluding hydrogens is 393 g/mol. The van der Waals surface area contributed by atoms with Crippen LogP contribution in [0, 0.1) is 0 Å². The smallest absolute Gasteiger partial charge is 0.416 e. The quantitative estimate of drug-likeness (QED) is 0.356. The molecule has 1 aromatic rings. The van der Waals surface area contributed by atoms with E-state index in [2.05, 4.69) is 27.8 Å². The molecule has 2 unspecified atom stereocenters. The van der Waals surface area contributed by atoms with Crippen molar-refractivity contribution in [3.8, 4) is 0 Å². The van der Waals surface area contributed by atoms with E-state index in [1.54, 1.807) is 7.11 Å². The van der Waals surface area contributed by atoms with Gasteiger partial charge >= 0.3 is 6.18 Å². The van der Waals surface area contributed by atoms with Crippen LogP contribution in [0.15, 0.2) is 71.8 Å². The second-order valence-corrected chi connectivity index (χ2v) is 7.31. The van der Waals surface area contributed by atoms with E-state index < -0.39 is 11.7 Å². The fourth-order valence-electron chi connectivity index (χ4n) is 3.44. The van der Waals surface area contributed by atoms with Gasteiger partial charge in [-0.3, -0.25) is 0 Å². The summed E-state index contributed by atoms with van der Waals surface area (Å²) in [4.78, 5) is 0. The molecule has 5 nitrogen and oxygen atoms in total. The van der Waals surface area contributed by atoms with Gasteiger partial charge in [0, 0.05) is 23.7 Å². The average Bonchev–Trinajstić information content (AvgIpc) is 3.12. The lowest BCUT2D eigenvalue weighted by atomic mass is 9.96. The third kappa shape index (κ3) is 5.38. The zero-order valence-electron chi connectivity index (χ0n) is 17.1. The van der Waals surface area contributed by atoms with E-state index in [0.29, 0.717) is 5.69 Å². The molecule has 0 spiro atoms. The zero-order valence-corrected chi connectivity index (χ0v) is 17.1. The van der Waals surface area contributed by atoms with Crippen molar-refractivity contribution in [3.05, 3.63) is 77.4 Å². The fourth-order valence-corrected chi connectivity index (χ4v) is 3.44. The Kier molecular flexibility index (Phi) is 6.77. The Bertz CT molecular complexity index is 856. The molecule has 8 heteroatoms. The predicted molar refractivity (Wildman–Crippen MR) is 112 cm³/mol. The summed E-state index contributed by atoms with van der Waals surface area (Å²) in [6, 6.07) is 5.05. The number of allylic oxidation sites excluding steroid dienone is 2. The van der Waals surface area contributed by atoms with Crippen LogP contribution in [-0.4, -0.2) is 26.5 Å². The SMILES string of the molecule is C=C(CCC(NC)Nc1ccc(C(F)(F)F)cc1)CC1=CNC2NC=C(OC)C=C12. The van der Waals surface area contributed by atoms with Gasteiger partial charge in [0.1, 0.15) is 11.9 Å². The molecule has 2 aliphatic rings. The van der Waals surface area contributed by atoms with Gasteiger partial charge < -0.3 is 26.0 Å². The normalized spacial score (nSPS) is 18.8. The summed E-state index contributed by atoms with van der Waals surface area (Å²) in [6.45, 7) is 4.20. The average molecular weight is 420 g/mol. The molecule has 0 amide bonds.